The zero-order valence-electron chi connectivity index (χ0n) is 22.2. The summed E-state index contributed by atoms with van der Waals surface area (Å²) in [4.78, 5) is 24.2. The van der Waals surface area contributed by atoms with Crippen LogP contribution in [0.2, 0.25) is 5.02 Å². The fourth-order valence-corrected chi connectivity index (χ4v) is 4.60. The van der Waals surface area contributed by atoms with E-state index >= 15 is 0 Å². The number of rotatable bonds is 8. The maximum Gasteiger partial charge on any atom is 0.337 e. The van der Waals surface area contributed by atoms with Gasteiger partial charge in [-0.3, -0.25) is 4.79 Å². The Labute approximate surface area is 240 Å². The summed E-state index contributed by atoms with van der Waals surface area (Å²) in [7, 11) is 0. The van der Waals surface area contributed by atoms with Gasteiger partial charge in [0.1, 0.15) is 11.5 Å². The van der Waals surface area contributed by atoms with E-state index in [1.807, 2.05) is 30.3 Å². The molecule has 0 aromatic heterocycles. The number of carboxylic acids is 1. The van der Waals surface area contributed by atoms with Crippen LogP contribution in [0.1, 0.15) is 60.3 Å². The zero-order chi connectivity index (χ0) is 27.4. The summed E-state index contributed by atoms with van der Waals surface area (Å²) in [5.41, 5.74) is 2.70. The molecule has 7 nitrogen and oxygen atoms in total. The normalized spacial score (nSPS) is 15.5. The molecule has 0 saturated heterocycles. The molecule has 0 heterocycles. The van der Waals surface area contributed by atoms with Crippen LogP contribution in [0.4, 0.5) is 5.69 Å². The van der Waals surface area contributed by atoms with Gasteiger partial charge in [0.25, 0.3) is 0 Å². The Kier molecular flexibility index (Phi) is 10.0. The van der Waals surface area contributed by atoms with Gasteiger partial charge in [-0.25, -0.2) is 4.79 Å². The number of amides is 1. The van der Waals surface area contributed by atoms with E-state index in [0.29, 0.717) is 23.1 Å². The number of carbonyl (C=O) groups excluding carboxylic acids is 1. The zero-order valence-corrected chi connectivity index (χ0v) is 23.7. The molecule has 4 rings (SSSR count). The summed E-state index contributed by atoms with van der Waals surface area (Å²) in [6.07, 6.45) is 2.00. The van der Waals surface area contributed by atoms with Crippen LogP contribution in [0.5, 0.6) is 11.5 Å². The largest absolute Gasteiger partial charge is 0.478 e. The SMILES string of the molecule is CC(C)(C)C(=O)Nc1ccc(Oc2ccc3c(c2)C[C@@H](NC[C@@H](O)c2cccc(Cl)c2)CC3)cc1C(=O)O.Cl. The topological polar surface area (TPSA) is 108 Å². The lowest BCUT2D eigenvalue weighted by molar-refractivity contribution is -0.123. The standard InChI is InChI=1S/C30H33ClN2O5.ClH/c1-30(2,3)29(37)33-26-12-11-24(16-25(26)28(35)36)38-23-10-8-18-7-9-22(14-20(18)15-23)32-17-27(34)19-5-4-6-21(31)13-19;/h4-6,8,10-13,15-16,22,27,32,34H,7,9,14,17H2,1-3H3,(H,33,37)(H,35,36);1H/t22-,27+;/m0./s1. The average molecular weight is 574 g/mol. The highest BCUT2D eigenvalue weighted by Gasteiger charge is 2.24. The lowest BCUT2D eigenvalue weighted by Gasteiger charge is -2.27. The number of hydrogen-bond donors (Lipinski definition) is 4. The van der Waals surface area contributed by atoms with Crippen molar-refractivity contribution in [3.8, 4) is 11.5 Å². The Morgan fingerprint density at radius 1 is 1.05 bits per heavy atom. The van der Waals surface area contributed by atoms with Crippen LogP contribution >= 0.6 is 24.0 Å². The van der Waals surface area contributed by atoms with Crippen LogP contribution in [0.25, 0.3) is 0 Å². The molecule has 4 N–H and O–H groups in total. The summed E-state index contributed by atoms with van der Waals surface area (Å²) in [5.74, 6) is -0.456. The third-order valence-corrected chi connectivity index (χ3v) is 6.86. The molecule has 208 valence electrons. The minimum absolute atomic E-state index is 0. The van der Waals surface area contributed by atoms with Crippen molar-refractivity contribution in [2.24, 2.45) is 5.41 Å². The summed E-state index contributed by atoms with van der Waals surface area (Å²) in [6, 6.07) is 18.0. The van der Waals surface area contributed by atoms with Crippen LogP contribution in [0.3, 0.4) is 0 Å². The monoisotopic (exact) mass is 572 g/mol. The number of hydrogen-bond acceptors (Lipinski definition) is 5. The first kappa shape index (κ1) is 30.4. The maximum absolute atomic E-state index is 12.4. The van der Waals surface area contributed by atoms with Crippen molar-refractivity contribution in [1.29, 1.82) is 0 Å². The molecule has 0 unspecified atom stereocenters. The Morgan fingerprint density at radius 3 is 2.46 bits per heavy atom. The van der Waals surface area contributed by atoms with Crippen molar-refractivity contribution in [3.05, 3.63) is 87.9 Å². The van der Waals surface area contributed by atoms with Crippen LogP contribution in [-0.4, -0.2) is 34.7 Å². The first-order valence-corrected chi connectivity index (χ1v) is 13.0. The quantitative estimate of drug-likeness (QED) is 0.248. The fourth-order valence-electron chi connectivity index (χ4n) is 4.40. The number of aryl methyl sites for hydroxylation is 1. The fraction of sp³-hybridized carbons (Fsp3) is 0.333. The van der Waals surface area contributed by atoms with Crippen molar-refractivity contribution in [2.75, 3.05) is 11.9 Å². The molecule has 39 heavy (non-hydrogen) atoms. The van der Waals surface area contributed by atoms with E-state index in [4.69, 9.17) is 16.3 Å². The molecule has 3 aromatic carbocycles. The third kappa shape index (κ3) is 7.96. The number of fused-ring (bicyclic) bond motifs is 1. The van der Waals surface area contributed by atoms with Crippen molar-refractivity contribution in [3.63, 3.8) is 0 Å². The van der Waals surface area contributed by atoms with Gasteiger partial charge in [-0.05, 0) is 78.4 Å². The van der Waals surface area contributed by atoms with E-state index in [0.717, 1.165) is 30.4 Å². The summed E-state index contributed by atoms with van der Waals surface area (Å²) in [6.45, 7) is 5.71. The summed E-state index contributed by atoms with van der Waals surface area (Å²) >= 11 is 6.05. The van der Waals surface area contributed by atoms with E-state index in [2.05, 4.69) is 10.6 Å². The molecule has 0 spiro atoms. The summed E-state index contributed by atoms with van der Waals surface area (Å²) < 4.78 is 6.02. The van der Waals surface area contributed by atoms with Gasteiger partial charge in [-0.15, -0.1) is 12.4 Å². The van der Waals surface area contributed by atoms with Gasteiger partial charge < -0.3 is 25.6 Å². The van der Waals surface area contributed by atoms with E-state index in [-0.39, 0.29) is 35.6 Å². The highest BCUT2D eigenvalue weighted by atomic mass is 35.5. The molecule has 1 amide bonds. The number of aromatic carboxylic acids is 1. The summed E-state index contributed by atoms with van der Waals surface area (Å²) in [5, 5.41) is 27.0. The molecule has 3 aromatic rings. The number of anilines is 1. The number of carboxylic acid groups (broad SMARTS) is 1. The van der Waals surface area contributed by atoms with Crippen LogP contribution in [-0.2, 0) is 17.6 Å². The van der Waals surface area contributed by atoms with E-state index in [9.17, 15) is 19.8 Å². The van der Waals surface area contributed by atoms with Gasteiger partial charge in [-0.2, -0.15) is 0 Å². The first-order chi connectivity index (χ1) is 18.0. The number of ether oxygens (including phenoxy) is 1. The smallest absolute Gasteiger partial charge is 0.337 e. The molecule has 0 radical (unpaired) electrons. The first-order valence-electron chi connectivity index (χ1n) is 12.6. The number of aliphatic hydroxyl groups is 1. The van der Waals surface area contributed by atoms with Gasteiger partial charge in [0.05, 0.1) is 17.4 Å². The van der Waals surface area contributed by atoms with Gasteiger partial charge in [0, 0.05) is 23.0 Å². The molecule has 0 aliphatic heterocycles. The number of aliphatic hydroxyl groups excluding tert-OH is 1. The molecule has 2 atom stereocenters. The van der Waals surface area contributed by atoms with Crippen LogP contribution in [0, 0.1) is 5.41 Å². The predicted octanol–water partition coefficient (Wildman–Crippen LogP) is 6.42. The minimum Gasteiger partial charge on any atom is -0.478 e. The van der Waals surface area contributed by atoms with E-state index in [1.165, 1.54) is 11.6 Å². The van der Waals surface area contributed by atoms with E-state index < -0.39 is 17.5 Å². The molecule has 0 fully saturated rings. The molecule has 0 saturated carbocycles. The Bertz CT molecular complexity index is 1340. The van der Waals surface area contributed by atoms with Crippen LogP contribution < -0.4 is 15.4 Å². The second-order valence-corrected chi connectivity index (χ2v) is 11.1. The third-order valence-electron chi connectivity index (χ3n) is 6.63. The number of nitrogens with one attached hydrogen (secondary N) is 2. The number of carbonyl (C=O) groups is 2. The Balaban J connectivity index is 0.00000420. The maximum atomic E-state index is 12.4. The predicted molar refractivity (Wildman–Crippen MR) is 155 cm³/mol. The average Bonchev–Trinajstić information content (AvgIpc) is 2.87. The number of benzene rings is 3. The Hall–Kier alpha value is -3.10. The van der Waals surface area contributed by atoms with E-state index in [1.54, 1.807) is 45.0 Å². The minimum atomic E-state index is -1.15. The van der Waals surface area contributed by atoms with Crippen molar-refractivity contribution in [2.45, 2.75) is 52.2 Å². The van der Waals surface area contributed by atoms with Crippen molar-refractivity contribution in [1.82, 2.24) is 5.32 Å². The van der Waals surface area contributed by atoms with Crippen LogP contribution in [0.15, 0.2) is 60.7 Å². The molecular formula is C30H34Cl2N2O5. The molecule has 1 aliphatic rings. The molecular weight excluding hydrogens is 539 g/mol. The Morgan fingerprint density at radius 2 is 1.77 bits per heavy atom. The molecule has 0 bridgehead atoms. The second-order valence-electron chi connectivity index (χ2n) is 10.7. The molecule has 1 aliphatic carbocycles. The van der Waals surface area contributed by atoms with Gasteiger partial charge >= 0.3 is 5.97 Å². The van der Waals surface area contributed by atoms with Gasteiger partial charge in [0.2, 0.25) is 5.91 Å². The van der Waals surface area contributed by atoms with Gasteiger partial charge in [-0.1, -0.05) is 50.6 Å². The lowest BCUT2D eigenvalue weighted by Crippen LogP contribution is -2.37. The second kappa shape index (κ2) is 12.8. The number of halogens is 2. The van der Waals surface area contributed by atoms with Crippen molar-refractivity contribution < 1.29 is 24.5 Å². The lowest BCUT2D eigenvalue weighted by atomic mass is 9.88. The van der Waals surface area contributed by atoms with Crippen molar-refractivity contribution >= 4 is 41.6 Å². The van der Waals surface area contributed by atoms with Gasteiger partial charge in [0.15, 0.2) is 0 Å². The molecule has 9 heteroatoms. The highest BCUT2D eigenvalue weighted by Crippen LogP contribution is 2.31. The highest BCUT2D eigenvalue weighted by molar-refractivity contribution is 6.30.